The zero-order valence-corrected chi connectivity index (χ0v) is 9.08. The number of hydrogen-bond donors (Lipinski definition) is 1. The second-order valence-electron chi connectivity index (χ2n) is 3.54. The molecular formula is C12H10F2N2O. The molecule has 1 aromatic carbocycles. The molecule has 0 unspecified atom stereocenters. The van der Waals surface area contributed by atoms with Gasteiger partial charge in [-0.2, -0.15) is 4.39 Å². The van der Waals surface area contributed by atoms with Gasteiger partial charge in [0.25, 0.3) is 0 Å². The highest BCUT2D eigenvalue weighted by Gasteiger charge is 2.11. The molecule has 2 N–H and O–H groups in total. The molecular weight excluding hydrogens is 226 g/mol. The predicted octanol–water partition coefficient (Wildman–Crippen LogP) is 3.04. The standard InChI is InChI=1S/C12H10F2N2O/c1-7-5-8(15)6-16-12(7)17-10-4-2-3-9(13)11(10)14/h2-6H,15H2,1H3. The summed E-state index contributed by atoms with van der Waals surface area (Å²) in [7, 11) is 0. The number of hydrogen-bond acceptors (Lipinski definition) is 3. The molecule has 5 heteroatoms. The zero-order chi connectivity index (χ0) is 12.4. The normalized spacial score (nSPS) is 10.3. The lowest BCUT2D eigenvalue weighted by molar-refractivity contribution is 0.403. The van der Waals surface area contributed by atoms with E-state index in [9.17, 15) is 8.78 Å². The van der Waals surface area contributed by atoms with Crippen molar-refractivity contribution in [3.63, 3.8) is 0 Å². The topological polar surface area (TPSA) is 48.1 Å². The summed E-state index contributed by atoms with van der Waals surface area (Å²) in [5.74, 6) is -2.00. The van der Waals surface area contributed by atoms with Crippen LogP contribution in [0.5, 0.6) is 11.6 Å². The van der Waals surface area contributed by atoms with Crippen LogP contribution in [0, 0.1) is 18.6 Å². The third-order valence-corrected chi connectivity index (χ3v) is 2.17. The van der Waals surface area contributed by atoms with Crippen LogP contribution in [0.15, 0.2) is 30.5 Å². The first-order valence-electron chi connectivity index (χ1n) is 4.92. The highest BCUT2D eigenvalue weighted by atomic mass is 19.2. The van der Waals surface area contributed by atoms with Crippen LogP contribution in [0.4, 0.5) is 14.5 Å². The van der Waals surface area contributed by atoms with Gasteiger partial charge in [0, 0.05) is 5.56 Å². The van der Waals surface area contributed by atoms with Crippen LogP contribution in [0.2, 0.25) is 0 Å². The molecule has 0 atom stereocenters. The highest BCUT2D eigenvalue weighted by Crippen LogP contribution is 2.27. The van der Waals surface area contributed by atoms with Gasteiger partial charge in [0.1, 0.15) is 0 Å². The summed E-state index contributed by atoms with van der Waals surface area (Å²) in [6.45, 7) is 1.72. The Balaban J connectivity index is 2.35. The van der Waals surface area contributed by atoms with Crippen LogP contribution in [0.3, 0.4) is 0 Å². The lowest BCUT2D eigenvalue weighted by Gasteiger charge is -2.08. The minimum atomic E-state index is -1.04. The number of halogens is 2. The molecule has 88 valence electrons. The van der Waals surface area contributed by atoms with Gasteiger partial charge in [0.05, 0.1) is 11.9 Å². The van der Waals surface area contributed by atoms with Crippen LogP contribution >= 0.6 is 0 Å². The number of benzene rings is 1. The average Bonchev–Trinajstić information content (AvgIpc) is 2.28. The molecule has 0 aliphatic rings. The van der Waals surface area contributed by atoms with E-state index in [0.29, 0.717) is 11.3 Å². The average molecular weight is 236 g/mol. The quantitative estimate of drug-likeness (QED) is 0.871. The zero-order valence-electron chi connectivity index (χ0n) is 9.08. The van der Waals surface area contributed by atoms with Crippen molar-refractivity contribution in [3.05, 3.63) is 47.7 Å². The van der Waals surface area contributed by atoms with Crippen molar-refractivity contribution in [1.82, 2.24) is 4.98 Å². The molecule has 0 fully saturated rings. The van der Waals surface area contributed by atoms with Crippen molar-refractivity contribution in [1.29, 1.82) is 0 Å². The molecule has 0 aliphatic heterocycles. The Morgan fingerprint density at radius 2 is 2.06 bits per heavy atom. The fourth-order valence-electron chi connectivity index (χ4n) is 1.36. The van der Waals surface area contributed by atoms with Gasteiger partial charge in [-0.1, -0.05) is 6.07 Å². The lowest BCUT2D eigenvalue weighted by Crippen LogP contribution is -1.96. The van der Waals surface area contributed by atoms with E-state index < -0.39 is 11.6 Å². The Bertz CT molecular complexity index is 558. The van der Waals surface area contributed by atoms with Crippen molar-refractivity contribution in [2.45, 2.75) is 6.92 Å². The molecule has 0 saturated carbocycles. The van der Waals surface area contributed by atoms with Crippen molar-refractivity contribution in [3.8, 4) is 11.6 Å². The van der Waals surface area contributed by atoms with Gasteiger partial charge in [-0.15, -0.1) is 0 Å². The second kappa shape index (κ2) is 4.37. The fourth-order valence-corrected chi connectivity index (χ4v) is 1.36. The molecule has 0 aliphatic carbocycles. The number of nitrogens with zero attached hydrogens (tertiary/aromatic N) is 1. The number of pyridine rings is 1. The lowest BCUT2D eigenvalue weighted by atomic mass is 10.3. The number of nitrogen functional groups attached to an aromatic ring is 1. The van der Waals surface area contributed by atoms with E-state index in [1.165, 1.54) is 18.3 Å². The van der Waals surface area contributed by atoms with Crippen LogP contribution in [-0.2, 0) is 0 Å². The second-order valence-corrected chi connectivity index (χ2v) is 3.54. The largest absolute Gasteiger partial charge is 0.436 e. The summed E-state index contributed by atoms with van der Waals surface area (Å²) in [6.07, 6.45) is 1.39. The Labute approximate surface area is 96.9 Å². The number of anilines is 1. The van der Waals surface area contributed by atoms with E-state index in [2.05, 4.69) is 4.98 Å². The summed E-state index contributed by atoms with van der Waals surface area (Å²) in [6, 6.07) is 5.35. The summed E-state index contributed by atoms with van der Waals surface area (Å²) in [5.41, 5.74) is 6.65. The molecule has 0 saturated heterocycles. The minimum absolute atomic E-state index is 0.198. The first-order valence-corrected chi connectivity index (χ1v) is 4.92. The Kier molecular flexibility index (Phi) is 2.91. The maximum Gasteiger partial charge on any atom is 0.222 e. The molecule has 17 heavy (non-hydrogen) atoms. The van der Waals surface area contributed by atoms with E-state index in [-0.39, 0.29) is 11.6 Å². The molecule has 2 aromatic rings. The van der Waals surface area contributed by atoms with Crippen molar-refractivity contribution in [2.75, 3.05) is 5.73 Å². The SMILES string of the molecule is Cc1cc(N)cnc1Oc1cccc(F)c1F. The smallest absolute Gasteiger partial charge is 0.222 e. The minimum Gasteiger partial charge on any atom is -0.436 e. The van der Waals surface area contributed by atoms with Gasteiger partial charge < -0.3 is 10.5 Å². The third kappa shape index (κ3) is 2.33. The van der Waals surface area contributed by atoms with E-state index in [0.717, 1.165) is 6.07 Å². The van der Waals surface area contributed by atoms with Crippen molar-refractivity contribution in [2.24, 2.45) is 0 Å². The van der Waals surface area contributed by atoms with Crippen LogP contribution < -0.4 is 10.5 Å². The van der Waals surface area contributed by atoms with E-state index in [1.807, 2.05) is 0 Å². The van der Waals surface area contributed by atoms with Crippen molar-refractivity contribution < 1.29 is 13.5 Å². The fraction of sp³-hybridized carbons (Fsp3) is 0.0833. The maximum absolute atomic E-state index is 13.3. The number of rotatable bonds is 2. The summed E-state index contributed by atoms with van der Waals surface area (Å²) >= 11 is 0. The first-order chi connectivity index (χ1) is 8.08. The van der Waals surface area contributed by atoms with Crippen molar-refractivity contribution >= 4 is 5.69 Å². The monoisotopic (exact) mass is 236 g/mol. The van der Waals surface area contributed by atoms with Gasteiger partial charge in [-0.05, 0) is 25.1 Å². The Morgan fingerprint density at radius 3 is 2.76 bits per heavy atom. The predicted molar refractivity (Wildman–Crippen MR) is 59.8 cm³/mol. The number of aryl methyl sites for hydroxylation is 1. The van der Waals surface area contributed by atoms with E-state index in [1.54, 1.807) is 13.0 Å². The van der Waals surface area contributed by atoms with Gasteiger partial charge >= 0.3 is 0 Å². The molecule has 0 bridgehead atoms. The van der Waals surface area contributed by atoms with Crippen LogP contribution in [0.25, 0.3) is 0 Å². The van der Waals surface area contributed by atoms with Gasteiger partial charge in [-0.25, -0.2) is 9.37 Å². The summed E-state index contributed by atoms with van der Waals surface area (Å²) in [4.78, 5) is 3.91. The molecule has 3 nitrogen and oxygen atoms in total. The molecule has 0 radical (unpaired) electrons. The molecule has 0 amide bonds. The third-order valence-electron chi connectivity index (χ3n) is 2.17. The molecule has 1 aromatic heterocycles. The molecule has 1 heterocycles. The first kappa shape index (κ1) is 11.3. The Morgan fingerprint density at radius 1 is 1.29 bits per heavy atom. The highest BCUT2D eigenvalue weighted by molar-refractivity contribution is 5.43. The molecule has 0 spiro atoms. The van der Waals surface area contributed by atoms with Gasteiger partial charge in [0.2, 0.25) is 11.7 Å². The van der Waals surface area contributed by atoms with Crippen LogP contribution in [0.1, 0.15) is 5.56 Å². The Hall–Kier alpha value is -2.17. The van der Waals surface area contributed by atoms with E-state index in [4.69, 9.17) is 10.5 Å². The molecule has 2 rings (SSSR count). The summed E-state index contributed by atoms with van der Waals surface area (Å²) in [5, 5.41) is 0. The van der Waals surface area contributed by atoms with Crippen LogP contribution in [-0.4, -0.2) is 4.98 Å². The van der Waals surface area contributed by atoms with Gasteiger partial charge in [-0.3, -0.25) is 0 Å². The van der Waals surface area contributed by atoms with E-state index >= 15 is 0 Å². The maximum atomic E-state index is 13.3. The summed E-state index contributed by atoms with van der Waals surface area (Å²) < 4.78 is 31.5. The number of aromatic nitrogens is 1. The number of ether oxygens (including phenoxy) is 1. The number of nitrogens with two attached hydrogens (primary N) is 1. The van der Waals surface area contributed by atoms with Gasteiger partial charge in [0.15, 0.2) is 11.6 Å².